The van der Waals surface area contributed by atoms with Crippen molar-refractivity contribution in [2.75, 3.05) is 13.2 Å². The maximum absolute atomic E-state index is 9.88. The number of carbonyl (C=O) groups is 1. The lowest BCUT2D eigenvalue weighted by Crippen LogP contribution is -2.00. The van der Waals surface area contributed by atoms with Crippen molar-refractivity contribution in [3.8, 4) is 0 Å². The zero-order valence-corrected chi connectivity index (χ0v) is 5.70. The third-order valence-electron chi connectivity index (χ3n) is 0.744. The van der Waals surface area contributed by atoms with E-state index in [0.717, 1.165) is 0 Å². The van der Waals surface area contributed by atoms with Gasteiger partial charge in [-0.05, 0) is 6.92 Å². The van der Waals surface area contributed by atoms with E-state index in [1.807, 2.05) is 0 Å². The molecule has 0 aliphatic heterocycles. The van der Waals surface area contributed by atoms with Gasteiger partial charge in [0.1, 0.15) is 12.4 Å². The van der Waals surface area contributed by atoms with Crippen molar-refractivity contribution in [1.29, 1.82) is 0 Å². The lowest BCUT2D eigenvalue weighted by atomic mass is 10.4. The quantitative estimate of drug-likeness (QED) is 0.449. The molecule has 0 radical (unpaired) electrons. The van der Waals surface area contributed by atoms with Gasteiger partial charge in [-0.15, -0.1) is 0 Å². The fourth-order valence-corrected chi connectivity index (χ4v) is 0.391. The van der Waals surface area contributed by atoms with Gasteiger partial charge in [0, 0.05) is 6.61 Å². The molecule has 0 bridgehead atoms. The molecular formula is C6H10O4. The summed E-state index contributed by atoms with van der Waals surface area (Å²) in [6, 6.07) is 0. The summed E-state index contributed by atoms with van der Waals surface area (Å²) in [7, 11) is 0. The highest BCUT2D eigenvalue weighted by molar-refractivity contribution is 5.80. The van der Waals surface area contributed by atoms with Crippen LogP contribution in [0.2, 0.25) is 0 Å². The van der Waals surface area contributed by atoms with Gasteiger partial charge < -0.3 is 14.9 Å². The van der Waals surface area contributed by atoms with Gasteiger partial charge in [0.2, 0.25) is 0 Å². The van der Waals surface area contributed by atoms with Gasteiger partial charge in [0.25, 0.3) is 0 Å². The Morgan fingerprint density at radius 1 is 1.60 bits per heavy atom. The summed E-state index contributed by atoms with van der Waals surface area (Å²) >= 11 is 0. The fraction of sp³-hybridized carbons (Fsp3) is 0.500. The van der Waals surface area contributed by atoms with Gasteiger partial charge in [0.05, 0.1) is 6.08 Å². The Hall–Kier alpha value is -1.03. The first-order chi connectivity index (χ1) is 4.66. The number of aliphatic hydroxyl groups is 1. The predicted octanol–water partition coefficient (Wildman–Crippen LogP) is 0.549. The molecule has 0 spiro atoms. The second-order valence-corrected chi connectivity index (χ2v) is 1.61. The Balaban J connectivity index is 3.60. The van der Waals surface area contributed by atoms with Crippen LogP contribution in [0.3, 0.4) is 0 Å². The van der Waals surface area contributed by atoms with Crippen LogP contribution in [0, 0.1) is 0 Å². The van der Waals surface area contributed by atoms with Gasteiger partial charge in [0.15, 0.2) is 0 Å². The second kappa shape index (κ2) is 4.81. The molecule has 0 atom stereocenters. The summed E-state index contributed by atoms with van der Waals surface area (Å²) in [6.07, 6.45) is 0.704. The van der Waals surface area contributed by atoms with Gasteiger partial charge in [-0.3, -0.25) is 0 Å². The first-order valence-corrected chi connectivity index (χ1v) is 2.87. The molecule has 10 heavy (non-hydrogen) atoms. The molecule has 4 nitrogen and oxygen atoms in total. The van der Waals surface area contributed by atoms with Crippen LogP contribution in [-0.2, 0) is 9.53 Å². The normalized spacial score (nSPS) is 11.5. The Kier molecular flexibility index (Phi) is 4.32. The van der Waals surface area contributed by atoms with Gasteiger partial charge >= 0.3 is 5.97 Å². The number of carboxylic acids is 1. The fourth-order valence-electron chi connectivity index (χ4n) is 0.391. The van der Waals surface area contributed by atoms with Crippen molar-refractivity contribution < 1.29 is 19.7 Å². The lowest BCUT2D eigenvalue weighted by Gasteiger charge is -1.97. The minimum Gasteiger partial charge on any atom is -0.510 e. The summed E-state index contributed by atoms with van der Waals surface area (Å²) in [6.45, 7) is 2.17. The number of carboxylic acid groups (broad SMARTS) is 1. The first-order valence-electron chi connectivity index (χ1n) is 2.87. The van der Waals surface area contributed by atoms with E-state index >= 15 is 0 Å². The SMILES string of the molecule is CCOC/C(O)=C/C(=O)O. The van der Waals surface area contributed by atoms with E-state index in [4.69, 9.17) is 14.9 Å². The minimum absolute atomic E-state index is 0.0389. The molecule has 4 heteroatoms. The van der Waals surface area contributed by atoms with Crippen LogP contribution in [0.1, 0.15) is 6.92 Å². The van der Waals surface area contributed by atoms with Gasteiger partial charge in [-0.25, -0.2) is 4.79 Å². The Bertz CT molecular complexity index is 139. The summed E-state index contributed by atoms with van der Waals surface area (Å²) in [4.78, 5) is 9.88. The van der Waals surface area contributed by atoms with Crippen molar-refractivity contribution in [2.45, 2.75) is 6.92 Å². The summed E-state index contributed by atoms with van der Waals surface area (Å²) in [5, 5.41) is 16.8. The van der Waals surface area contributed by atoms with Gasteiger partial charge in [-0.2, -0.15) is 0 Å². The van der Waals surface area contributed by atoms with Crippen LogP contribution in [0.25, 0.3) is 0 Å². The van der Waals surface area contributed by atoms with E-state index in [1.54, 1.807) is 6.92 Å². The zero-order chi connectivity index (χ0) is 7.98. The van der Waals surface area contributed by atoms with Crippen LogP contribution < -0.4 is 0 Å². The largest absolute Gasteiger partial charge is 0.510 e. The topological polar surface area (TPSA) is 66.8 Å². The molecule has 0 aromatic carbocycles. The van der Waals surface area contributed by atoms with Crippen LogP contribution in [0.15, 0.2) is 11.8 Å². The molecule has 0 saturated carbocycles. The maximum atomic E-state index is 9.88. The van der Waals surface area contributed by atoms with Crippen molar-refractivity contribution >= 4 is 5.97 Å². The molecule has 0 rings (SSSR count). The molecule has 0 aliphatic carbocycles. The minimum atomic E-state index is -1.17. The van der Waals surface area contributed by atoms with Gasteiger partial charge in [-0.1, -0.05) is 0 Å². The molecule has 2 N–H and O–H groups in total. The van der Waals surface area contributed by atoms with Crippen LogP contribution in [-0.4, -0.2) is 29.4 Å². The number of hydrogen-bond donors (Lipinski definition) is 2. The summed E-state index contributed by atoms with van der Waals surface area (Å²) < 4.78 is 4.71. The molecule has 0 aromatic rings. The number of rotatable bonds is 4. The molecule has 58 valence electrons. The maximum Gasteiger partial charge on any atom is 0.331 e. The van der Waals surface area contributed by atoms with Crippen molar-refractivity contribution in [3.05, 3.63) is 11.8 Å². The molecular weight excluding hydrogens is 136 g/mol. The average molecular weight is 146 g/mol. The standard InChI is InChI=1S/C6H10O4/c1-2-10-4-5(7)3-6(8)9/h3,7H,2,4H2,1H3,(H,8,9)/b5-3-. The van der Waals surface area contributed by atoms with E-state index in [1.165, 1.54) is 0 Å². The van der Waals surface area contributed by atoms with Crippen molar-refractivity contribution in [2.24, 2.45) is 0 Å². The van der Waals surface area contributed by atoms with Crippen LogP contribution >= 0.6 is 0 Å². The number of aliphatic carboxylic acids is 1. The van der Waals surface area contributed by atoms with Crippen molar-refractivity contribution in [3.63, 3.8) is 0 Å². The highest BCUT2D eigenvalue weighted by Crippen LogP contribution is 1.88. The predicted molar refractivity (Wildman–Crippen MR) is 34.8 cm³/mol. The molecule has 0 amide bonds. The number of aliphatic hydroxyl groups excluding tert-OH is 1. The van der Waals surface area contributed by atoms with E-state index in [2.05, 4.69) is 0 Å². The summed E-state index contributed by atoms with van der Waals surface area (Å²) in [5.41, 5.74) is 0. The Morgan fingerprint density at radius 2 is 2.20 bits per heavy atom. The third-order valence-corrected chi connectivity index (χ3v) is 0.744. The van der Waals surface area contributed by atoms with Crippen LogP contribution in [0.4, 0.5) is 0 Å². The molecule has 0 fully saturated rings. The van der Waals surface area contributed by atoms with E-state index < -0.39 is 5.97 Å². The molecule has 0 saturated heterocycles. The molecule has 0 heterocycles. The average Bonchev–Trinajstić information content (AvgIpc) is 1.82. The molecule has 0 aromatic heterocycles. The lowest BCUT2D eigenvalue weighted by molar-refractivity contribution is -0.131. The monoisotopic (exact) mass is 146 g/mol. The molecule has 0 aliphatic rings. The summed E-state index contributed by atoms with van der Waals surface area (Å²) in [5.74, 6) is -1.44. The smallest absolute Gasteiger partial charge is 0.331 e. The zero-order valence-electron chi connectivity index (χ0n) is 5.70. The van der Waals surface area contributed by atoms with Crippen LogP contribution in [0.5, 0.6) is 0 Å². The van der Waals surface area contributed by atoms with E-state index in [9.17, 15) is 4.79 Å². The van der Waals surface area contributed by atoms with E-state index in [-0.39, 0.29) is 12.4 Å². The third kappa shape index (κ3) is 5.11. The van der Waals surface area contributed by atoms with Crippen molar-refractivity contribution in [1.82, 2.24) is 0 Å². The number of ether oxygens (including phenoxy) is 1. The highest BCUT2D eigenvalue weighted by atomic mass is 16.5. The second-order valence-electron chi connectivity index (χ2n) is 1.61. The molecule has 0 unspecified atom stereocenters. The first kappa shape index (κ1) is 8.97. The number of hydrogen-bond acceptors (Lipinski definition) is 3. The highest BCUT2D eigenvalue weighted by Gasteiger charge is 1.95. The van der Waals surface area contributed by atoms with E-state index in [0.29, 0.717) is 12.7 Å². The Morgan fingerprint density at radius 3 is 2.60 bits per heavy atom. The Labute approximate surface area is 58.7 Å².